The quantitative estimate of drug-likeness (QED) is 0.889. The van der Waals surface area contributed by atoms with Gasteiger partial charge >= 0.3 is 0 Å². The van der Waals surface area contributed by atoms with Gasteiger partial charge in [0.25, 0.3) is 5.91 Å². The van der Waals surface area contributed by atoms with Crippen LogP contribution in [0.25, 0.3) is 0 Å². The number of nitrogens with zero attached hydrogens (tertiary/aromatic N) is 1. The molecule has 1 aliphatic heterocycles. The zero-order chi connectivity index (χ0) is 16.1. The first-order chi connectivity index (χ1) is 11.2. The van der Waals surface area contributed by atoms with Crippen molar-refractivity contribution in [3.63, 3.8) is 0 Å². The maximum Gasteiger partial charge on any atom is 0.267 e. The minimum atomic E-state index is -0.137. The van der Waals surface area contributed by atoms with Crippen LogP contribution in [-0.4, -0.2) is 37.1 Å². The number of piperazine rings is 1. The average molecular weight is 331 g/mol. The molecule has 3 rings (SSSR count). The summed E-state index contributed by atoms with van der Waals surface area (Å²) in [6.07, 6.45) is 0. The van der Waals surface area contributed by atoms with E-state index in [1.165, 1.54) is 5.56 Å². The van der Waals surface area contributed by atoms with Crippen molar-refractivity contribution in [1.82, 2.24) is 10.4 Å². The Morgan fingerprint density at radius 3 is 2.39 bits per heavy atom. The van der Waals surface area contributed by atoms with Gasteiger partial charge in [0.1, 0.15) is 6.54 Å². The second kappa shape index (κ2) is 7.59. The predicted molar refractivity (Wildman–Crippen MR) is 91.3 cm³/mol. The first kappa shape index (κ1) is 16.0. The molecule has 0 bridgehead atoms. The molecular weight excluding hydrogens is 310 g/mol. The van der Waals surface area contributed by atoms with Gasteiger partial charge in [0.05, 0.1) is 36.8 Å². The van der Waals surface area contributed by atoms with E-state index in [1.54, 1.807) is 17.0 Å². The highest BCUT2D eigenvalue weighted by atomic mass is 35.5. The number of rotatable bonds is 4. The summed E-state index contributed by atoms with van der Waals surface area (Å²) in [4.78, 5) is 13.8. The zero-order valence-electron chi connectivity index (χ0n) is 13.0. The van der Waals surface area contributed by atoms with Gasteiger partial charge in [-0.25, -0.2) is 5.01 Å². The molecule has 1 amide bonds. The number of nitrogens with one attached hydrogen (secondary N) is 2. The first-order valence-corrected chi connectivity index (χ1v) is 8.28. The Labute approximate surface area is 141 Å². The number of carbonyl (C=O) groups excluding carboxylic acids is 1. The summed E-state index contributed by atoms with van der Waals surface area (Å²) < 4.78 is 0. The molecule has 0 spiro atoms. The maximum absolute atomic E-state index is 12.3. The Hall–Kier alpha value is -1.88. The minimum absolute atomic E-state index is 0.137. The van der Waals surface area contributed by atoms with Gasteiger partial charge in [-0.1, -0.05) is 54.1 Å². The largest absolute Gasteiger partial charge is 0.329 e. The normalized spacial score (nSPS) is 16.2. The van der Waals surface area contributed by atoms with Crippen LogP contribution in [0.1, 0.15) is 15.9 Å². The van der Waals surface area contributed by atoms with Crippen LogP contribution in [0.3, 0.4) is 0 Å². The monoisotopic (exact) mass is 330 g/mol. The molecule has 0 saturated carbocycles. The summed E-state index contributed by atoms with van der Waals surface area (Å²) in [5, 5.41) is 2.47. The summed E-state index contributed by atoms with van der Waals surface area (Å²) in [6, 6.07) is 17.7. The van der Waals surface area contributed by atoms with E-state index in [1.807, 2.05) is 23.2 Å². The first-order valence-electron chi connectivity index (χ1n) is 7.90. The highest BCUT2D eigenvalue weighted by Crippen LogP contribution is 2.14. The van der Waals surface area contributed by atoms with Crippen LogP contribution in [0.4, 0.5) is 0 Å². The molecule has 1 aliphatic rings. The Kier molecular flexibility index (Phi) is 5.28. The molecule has 2 aromatic rings. The average Bonchev–Trinajstić information content (AvgIpc) is 2.58. The molecule has 23 heavy (non-hydrogen) atoms. The van der Waals surface area contributed by atoms with Crippen LogP contribution < -0.4 is 10.3 Å². The van der Waals surface area contributed by atoms with Gasteiger partial charge in [-0.3, -0.25) is 10.2 Å². The van der Waals surface area contributed by atoms with Crippen LogP contribution in [0, 0.1) is 0 Å². The van der Waals surface area contributed by atoms with Crippen molar-refractivity contribution in [2.75, 3.05) is 26.2 Å². The van der Waals surface area contributed by atoms with E-state index in [0.29, 0.717) is 10.6 Å². The topological polar surface area (TPSA) is 36.8 Å². The lowest BCUT2D eigenvalue weighted by molar-refractivity contribution is -0.918. The van der Waals surface area contributed by atoms with Gasteiger partial charge in [-0.2, -0.15) is 0 Å². The van der Waals surface area contributed by atoms with Crippen molar-refractivity contribution in [2.24, 2.45) is 0 Å². The molecule has 0 unspecified atom stereocenters. The Morgan fingerprint density at radius 1 is 1.04 bits per heavy atom. The number of quaternary nitrogens is 1. The van der Waals surface area contributed by atoms with Crippen molar-refractivity contribution >= 4 is 17.5 Å². The number of hydrogen-bond donors (Lipinski definition) is 2. The van der Waals surface area contributed by atoms with Crippen LogP contribution in [0.15, 0.2) is 54.6 Å². The molecule has 2 N–H and O–H groups in total. The lowest BCUT2D eigenvalue weighted by atomic mass is 10.2. The number of hydrazine groups is 1. The highest BCUT2D eigenvalue weighted by Gasteiger charge is 2.22. The van der Waals surface area contributed by atoms with Gasteiger partial charge in [0.15, 0.2) is 0 Å². The van der Waals surface area contributed by atoms with Crippen LogP contribution in [0.5, 0.6) is 0 Å². The number of hydrogen-bond acceptors (Lipinski definition) is 2. The summed E-state index contributed by atoms with van der Waals surface area (Å²) in [5.74, 6) is -0.137. The third kappa shape index (κ3) is 4.32. The molecule has 0 radical (unpaired) electrons. The lowest BCUT2D eigenvalue weighted by Gasteiger charge is -2.32. The SMILES string of the molecule is O=C(NN1CC[NH+](Cc2ccccc2)CC1)c1ccccc1Cl. The molecule has 120 valence electrons. The smallest absolute Gasteiger partial charge is 0.267 e. The van der Waals surface area contributed by atoms with Crippen molar-refractivity contribution in [2.45, 2.75) is 6.54 Å². The fraction of sp³-hybridized carbons (Fsp3) is 0.278. The second-order valence-corrected chi connectivity index (χ2v) is 6.23. The Bertz CT molecular complexity index is 654. The van der Waals surface area contributed by atoms with Gasteiger partial charge in [0, 0.05) is 5.56 Å². The number of benzene rings is 2. The maximum atomic E-state index is 12.3. The lowest BCUT2D eigenvalue weighted by Crippen LogP contribution is -3.13. The number of amides is 1. The van der Waals surface area contributed by atoms with Gasteiger partial charge in [-0.15, -0.1) is 0 Å². The summed E-state index contributed by atoms with van der Waals surface area (Å²) in [5.41, 5.74) is 4.84. The van der Waals surface area contributed by atoms with Crippen molar-refractivity contribution in [1.29, 1.82) is 0 Å². The molecule has 1 fully saturated rings. The van der Waals surface area contributed by atoms with E-state index in [2.05, 4.69) is 29.7 Å². The molecule has 1 saturated heterocycles. The molecule has 0 aliphatic carbocycles. The van der Waals surface area contributed by atoms with E-state index >= 15 is 0 Å². The molecule has 2 aromatic carbocycles. The number of halogens is 1. The van der Waals surface area contributed by atoms with Gasteiger partial charge in [-0.05, 0) is 12.1 Å². The minimum Gasteiger partial charge on any atom is -0.329 e. The summed E-state index contributed by atoms with van der Waals surface area (Å²) in [7, 11) is 0. The highest BCUT2D eigenvalue weighted by molar-refractivity contribution is 6.33. The molecule has 5 heteroatoms. The van der Waals surface area contributed by atoms with Gasteiger partial charge < -0.3 is 4.90 Å². The van der Waals surface area contributed by atoms with E-state index in [-0.39, 0.29) is 5.91 Å². The Balaban J connectivity index is 1.49. The van der Waals surface area contributed by atoms with E-state index < -0.39 is 0 Å². The summed E-state index contributed by atoms with van der Waals surface area (Å²) in [6.45, 7) is 4.75. The van der Waals surface area contributed by atoms with E-state index in [0.717, 1.165) is 32.7 Å². The zero-order valence-corrected chi connectivity index (χ0v) is 13.7. The van der Waals surface area contributed by atoms with Crippen molar-refractivity contribution in [3.05, 3.63) is 70.7 Å². The van der Waals surface area contributed by atoms with Gasteiger partial charge in [0.2, 0.25) is 0 Å². The molecule has 4 nitrogen and oxygen atoms in total. The van der Waals surface area contributed by atoms with Crippen LogP contribution in [-0.2, 0) is 6.54 Å². The fourth-order valence-corrected chi connectivity index (χ4v) is 3.07. The fourth-order valence-electron chi connectivity index (χ4n) is 2.85. The number of carbonyl (C=O) groups is 1. The van der Waals surface area contributed by atoms with Crippen LogP contribution >= 0.6 is 11.6 Å². The third-order valence-electron chi connectivity index (χ3n) is 4.15. The molecule has 1 heterocycles. The Morgan fingerprint density at radius 2 is 1.70 bits per heavy atom. The van der Waals surface area contributed by atoms with E-state index in [9.17, 15) is 4.79 Å². The third-order valence-corrected chi connectivity index (χ3v) is 4.48. The van der Waals surface area contributed by atoms with Crippen LogP contribution in [0.2, 0.25) is 5.02 Å². The molecular formula is C18H21ClN3O+. The van der Waals surface area contributed by atoms with Crippen molar-refractivity contribution in [3.8, 4) is 0 Å². The van der Waals surface area contributed by atoms with E-state index in [4.69, 9.17) is 11.6 Å². The predicted octanol–water partition coefficient (Wildman–Crippen LogP) is 1.39. The van der Waals surface area contributed by atoms with Crippen molar-refractivity contribution < 1.29 is 9.69 Å². The molecule has 0 atom stereocenters. The second-order valence-electron chi connectivity index (χ2n) is 5.82. The molecule has 0 aromatic heterocycles. The summed E-state index contributed by atoms with van der Waals surface area (Å²) >= 11 is 6.07. The standard InChI is InChI=1S/C18H20ClN3O/c19-17-9-5-4-8-16(17)18(23)20-22-12-10-21(11-13-22)14-15-6-2-1-3-7-15/h1-9H,10-14H2,(H,20,23)/p+1.